The Morgan fingerprint density at radius 1 is 1.10 bits per heavy atom. The van der Waals surface area contributed by atoms with E-state index in [9.17, 15) is 4.39 Å². The minimum atomic E-state index is -0.233. The molecular formula is C16H16ClFN2. The summed E-state index contributed by atoms with van der Waals surface area (Å²) in [6.07, 6.45) is 5.97. The van der Waals surface area contributed by atoms with Gasteiger partial charge in [0, 0.05) is 17.7 Å². The van der Waals surface area contributed by atoms with E-state index in [1.165, 1.54) is 18.6 Å². The summed E-state index contributed by atoms with van der Waals surface area (Å²) in [4.78, 5) is 9.03. The van der Waals surface area contributed by atoms with Crippen molar-refractivity contribution in [3.8, 4) is 0 Å². The molecule has 2 nitrogen and oxygen atoms in total. The van der Waals surface area contributed by atoms with Crippen LogP contribution in [0.3, 0.4) is 0 Å². The Morgan fingerprint density at radius 2 is 1.95 bits per heavy atom. The molecule has 0 saturated carbocycles. The summed E-state index contributed by atoms with van der Waals surface area (Å²) in [5, 5.41) is 0.573. The number of aromatic nitrogens is 2. The maximum Gasteiger partial charge on any atom is 0.136 e. The van der Waals surface area contributed by atoms with Gasteiger partial charge in [-0.05, 0) is 43.4 Å². The average Bonchev–Trinajstić information content (AvgIpc) is 2.64. The van der Waals surface area contributed by atoms with E-state index in [1.807, 2.05) is 6.07 Å². The van der Waals surface area contributed by atoms with Crippen LogP contribution >= 0.6 is 11.6 Å². The standard InChI is InChI=1S/C16H16ClFN2/c17-16-13-7-2-1-3-8-14(13)19-15(20-16)10-11-5-4-6-12(18)9-11/h4-6,9H,1-3,7-8,10H2. The maximum absolute atomic E-state index is 13.2. The summed E-state index contributed by atoms with van der Waals surface area (Å²) in [5.74, 6) is 0.449. The molecule has 0 fully saturated rings. The van der Waals surface area contributed by atoms with E-state index in [1.54, 1.807) is 6.07 Å². The van der Waals surface area contributed by atoms with E-state index in [4.69, 9.17) is 11.6 Å². The van der Waals surface area contributed by atoms with Gasteiger partial charge in [-0.25, -0.2) is 14.4 Å². The van der Waals surface area contributed by atoms with E-state index in [0.29, 0.717) is 17.4 Å². The molecule has 1 heterocycles. The van der Waals surface area contributed by atoms with Gasteiger partial charge < -0.3 is 0 Å². The Labute approximate surface area is 123 Å². The van der Waals surface area contributed by atoms with Crippen LogP contribution in [0.1, 0.15) is 41.9 Å². The topological polar surface area (TPSA) is 25.8 Å². The summed E-state index contributed by atoms with van der Waals surface area (Å²) >= 11 is 6.29. The zero-order valence-electron chi connectivity index (χ0n) is 11.2. The van der Waals surface area contributed by atoms with Gasteiger partial charge in [-0.2, -0.15) is 0 Å². The SMILES string of the molecule is Fc1cccc(Cc2nc(Cl)c3c(n2)CCCCC3)c1. The number of rotatable bonds is 2. The van der Waals surface area contributed by atoms with Crippen molar-refractivity contribution in [3.63, 3.8) is 0 Å². The summed E-state index contributed by atoms with van der Waals surface area (Å²) in [7, 11) is 0. The summed E-state index contributed by atoms with van der Waals surface area (Å²) in [6.45, 7) is 0. The molecule has 2 aromatic rings. The van der Waals surface area contributed by atoms with Crippen LogP contribution in [0.25, 0.3) is 0 Å². The van der Waals surface area contributed by atoms with Crippen LogP contribution in [-0.2, 0) is 19.3 Å². The van der Waals surface area contributed by atoms with Crippen LogP contribution in [0.2, 0.25) is 5.15 Å². The van der Waals surface area contributed by atoms with E-state index < -0.39 is 0 Å². The highest BCUT2D eigenvalue weighted by atomic mass is 35.5. The van der Waals surface area contributed by atoms with E-state index in [-0.39, 0.29) is 5.82 Å². The highest BCUT2D eigenvalue weighted by Crippen LogP contribution is 2.25. The number of benzene rings is 1. The lowest BCUT2D eigenvalue weighted by atomic mass is 10.1. The van der Waals surface area contributed by atoms with Crippen LogP contribution in [0.5, 0.6) is 0 Å². The summed E-state index contributed by atoms with van der Waals surface area (Å²) < 4.78 is 13.2. The molecule has 0 aliphatic heterocycles. The van der Waals surface area contributed by atoms with Gasteiger partial charge in [-0.3, -0.25) is 0 Å². The smallest absolute Gasteiger partial charge is 0.136 e. The quantitative estimate of drug-likeness (QED) is 0.614. The van der Waals surface area contributed by atoms with Gasteiger partial charge in [0.15, 0.2) is 0 Å². The molecule has 1 aromatic carbocycles. The van der Waals surface area contributed by atoms with Crippen molar-refractivity contribution in [2.75, 3.05) is 0 Å². The molecule has 0 bridgehead atoms. The predicted molar refractivity (Wildman–Crippen MR) is 77.5 cm³/mol. The Morgan fingerprint density at radius 3 is 2.80 bits per heavy atom. The van der Waals surface area contributed by atoms with Crippen LogP contribution in [0.15, 0.2) is 24.3 Å². The number of halogens is 2. The Hall–Kier alpha value is -1.48. The van der Waals surface area contributed by atoms with Gasteiger partial charge in [0.2, 0.25) is 0 Å². The van der Waals surface area contributed by atoms with Crippen molar-refractivity contribution >= 4 is 11.6 Å². The molecule has 0 unspecified atom stereocenters. The first-order valence-electron chi connectivity index (χ1n) is 7.01. The van der Waals surface area contributed by atoms with Crippen molar-refractivity contribution in [3.05, 3.63) is 57.9 Å². The van der Waals surface area contributed by atoms with Gasteiger partial charge in [0.25, 0.3) is 0 Å². The molecule has 0 saturated heterocycles. The molecule has 1 aliphatic carbocycles. The van der Waals surface area contributed by atoms with Gasteiger partial charge in [-0.1, -0.05) is 30.2 Å². The molecule has 0 spiro atoms. The summed E-state index contributed by atoms with van der Waals surface area (Å²) in [5.41, 5.74) is 3.05. The molecule has 1 aliphatic rings. The fourth-order valence-electron chi connectivity index (χ4n) is 2.68. The van der Waals surface area contributed by atoms with Crippen molar-refractivity contribution in [1.29, 1.82) is 0 Å². The Kier molecular flexibility index (Phi) is 3.97. The largest absolute Gasteiger partial charge is 0.237 e. The third-order valence-electron chi connectivity index (χ3n) is 3.68. The molecular weight excluding hydrogens is 275 g/mol. The number of fused-ring (bicyclic) bond motifs is 1. The highest BCUT2D eigenvalue weighted by Gasteiger charge is 2.15. The van der Waals surface area contributed by atoms with Crippen molar-refractivity contribution < 1.29 is 4.39 Å². The number of hydrogen-bond acceptors (Lipinski definition) is 2. The van der Waals surface area contributed by atoms with Crippen LogP contribution in [-0.4, -0.2) is 9.97 Å². The zero-order chi connectivity index (χ0) is 13.9. The second-order valence-electron chi connectivity index (χ2n) is 5.22. The summed E-state index contributed by atoms with van der Waals surface area (Å²) in [6, 6.07) is 6.54. The third-order valence-corrected chi connectivity index (χ3v) is 3.99. The third kappa shape index (κ3) is 2.98. The molecule has 20 heavy (non-hydrogen) atoms. The molecule has 0 atom stereocenters. The lowest BCUT2D eigenvalue weighted by Crippen LogP contribution is -2.05. The molecule has 0 N–H and O–H groups in total. The van der Waals surface area contributed by atoms with Crippen LogP contribution < -0.4 is 0 Å². The predicted octanol–water partition coefficient (Wildman–Crippen LogP) is 4.13. The Bertz CT molecular complexity index is 628. The molecule has 1 aromatic heterocycles. The zero-order valence-corrected chi connectivity index (χ0v) is 12.0. The first-order valence-corrected chi connectivity index (χ1v) is 7.39. The van der Waals surface area contributed by atoms with Gasteiger partial charge in [0.1, 0.15) is 16.8 Å². The normalized spacial score (nSPS) is 14.7. The second-order valence-corrected chi connectivity index (χ2v) is 5.58. The molecule has 3 rings (SSSR count). The van der Waals surface area contributed by atoms with Crippen LogP contribution in [0, 0.1) is 5.82 Å². The number of nitrogens with zero attached hydrogens (tertiary/aromatic N) is 2. The lowest BCUT2D eigenvalue weighted by molar-refractivity contribution is 0.625. The second kappa shape index (κ2) is 5.88. The van der Waals surface area contributed by atoms with Gasteiger partial charge >= 0.3 is 0 Å². The maximum atomic E-state index is 13.2. The molecule has 104 valence electrons. The fourth-order valence-corrected chi connectivity index (χ4v) is 2.98. The van der Waals surface area contributed by atoms with Crippen molar-refractivity contribution in [2.45, 2.75) is 38.5 Å². The fraction of sp³-hybridized carbons (Fsp3) is 0.375. The van der Waals surface area contributed by atoms with Crippen LogP contribution in [0.4, 0.5) is 4.39 Å². The number of aryl methyl sites for hydroxylation is 1. The molecule has 0 radical (unpaired) electrons. The minimum Gasteiger partial charge on any atom is -0.237 e. The number of hydrogen-bond donors (Lipinski definition) is 0. The lowest BCUT2D eigenvalue weighted by Gasteiger charge is -2.09. The average molecular weight is 291 g/mol. The Balaban J connectivity index is 1.91. The highest BCUT2D eigenvalue weighted by molar-refractivity contribution is 6.30. The van der Waals surface area contributed by atoms with E-state index in [0.717, 1.165) is 42.5 Å². The first-order chi connectivity index (χ1) is 9.72. The van der Waals surface area contributed by atoms with Crippen molar-refractivity contribution in [1.82, 2.24) is 9.97 Å². The van der Waals surface area contributed by atoms with E-state index in [2.05, 4.69) is 9.97 Å². The van der Waals surface area contributed by atoms with Gasteiger partial charge in [-0.15, -0.1) is 0 Å². The van der Waals surface area contributed by atoms with E-state index >= 15 is 0 Å². The molecule has 0 amide bonds. The monoisotopic (exact) mass is 290 g/mol. The van der Waals surface area contributed by atoms with Gasteiger partial charge in [0.05, 0.1) is 0 Å². The minimum absolute atomic E-state index is 0.233. The molecule has 4 heteroatoms. The first kappa shape index (κ1) is 13.5. The van der Waals surface area contributed by atoms with Crippen molar-refractivity contribution in [2.24, 2.45) is 0 Å².